The molecule has 8 heteroatoms. The zero-order chi connectivity index (χ0) is 17.9. The van der Waals surface area contributed by atoms with Gasteiger partial charge >= 0.3 is 0 Å². The van der Waals surface area contributed by atoms with Gasteiger partial charge in [0.25, 0.3) is 0 Å². The van der Waals surface area contributed by atoms with Crippen molar-refractivity contribution in [1.82, 2.24) is 4.72 Å². The Balaban J connectivity index is 1.70. The highest BCUT2D eigenvalue weighted by Gasteiger charge is 2.21. The molecule has 3 N–H and O–H groups in total. The summed E-state index contributed by atoms with van der Waals surface area (Å²) in [5, 5.41) is 5.12. The molecule has 134 valence electrons. The van der Waals surface area contributed by atoms with Crippen LogP contribution in [0, 0.1) is 0 Å². The Bertz CT molecular complexity index is 830. The fraction of sp³-hybridized carbons (Fsp3) is 0.412. The number of carbonyl (C=O) groups is 2. The van der Waals surface area contributed by atoms with Gasteiger partial charge in [-0.05, 0) is 50.3 Å². The largest absolute Gasteiger partial charge is 0.324 e. The predicted octanol–water partition coefficient (Wildman–Crippen LogP) is 2.14. The van der Waals surface area contributed by atoms with Crippen molar-refractivity contribution in [3.05, 3.63) is 29.8 Å². The average molecular weight is 363 g/mol. The van der Waals surface area contributed by atoms with E-state index in [9.17, 15) is 18.0 Å². The lowest BCUT2D eigenvalue weighted by Gasteiger charge is -2.14. The Morgan fingerprint density at radius 3 is 2.52 bits per heavy atom. The average Bonchev–Trinajstić information content (AvgIpc) is 2.71. The van der Waals surface area contributed by atoms with Crippen LogP contribution in [0.3, 0.4) is 0 Å². The first-order valence-electron chi connectivity index (χ1n) is 8.35. The molecule has 1 heterocycles. The maximum absolute atomic E-state index is 12.5. The molecule has 0 aromatic heterocycles. The third kappa shape index (κ3) is 4.46. The molecule has 0 spiro atoms. The van der Waals surface area contributed by atoms with Gasteiger partial charge in [-0.25, -0.2) is 13.1 Å². The van der Waals surface area contributed by atoms with Gasteiger partial charge < -0.3 is 10.6 Å². The summed E-state index contributed by atoms with van der Waals surface area (Å²) < 4.78 is 27.5. The molecule has 0 atom stereocenters. The van der Waals surface area contributed by atoms with Crippen LogP contribution in [0.1, 0.15) is 38.5 Å². The van der Waals surface area contributed by atoms with Crippen LogP contribution in [0.5, 0.6) is 0 Å². The van der Waals surface area contributed by atoms with Crippen LogP contribution in [-0.2, 0) is 19.6 Å². The highest BCUT2D eigenvalue weighted by atomic mass is 32.2. The quantitative estimate of drug-likeness (QED) is 0.550. The number of sulfonamides is 1. The minimum absolute atomic E-state index is 0.0559. The summed E-state index contributed by atoms with van der Waals surface area (Å²) in [6.07, 6.45) is 7.07. The summed E-state index contributed by atoms with van der Waals surface area (Å²) in [7, 11) is -3.68. The normalized spacial score (nSPS) is 17.8. The second kappa shape index (κ2) is 7.37. The number of fused-ring (bicyclic) bond motifs is 1. The summed E-state index contributed by atoms with van der Waals surface area (Å²) in [5.74, 6) is -0.895. The highest BCUT2D eigenvalue weighted by molar-refractivity contribution is 7.89. The zero-order valence-electron chi connectivity index (χ0n) is 13.8. The van der Waals surface area contributed by atoms with E-state index in [1.807, 2.05) is 0 Å². The van der Waals surface area contributed by atoms with Crippen LogP contribution in [-0.4, -0.2) is 26.8 Å². The van der Waals surface area contributed by atoms with E-state index in [1.165, 1.54) is 30.2 Å². The molecule has 0 saturated heterocycles. The van der Waals surface area contributed by atoms with Gasteiger partial charge in [-0.3, -0.25) is 9.59 Å². The van der Waals surface area contributed by atoms with Gasteiger partial charge in [0.15, 0.2) is 0 Å². The number of anilines is 2. The van der Waals surface area contributed by atoms with Crippen LogP contribution in [0.25, 0.3) is 0 Å². The number of allylic oxidation sites excluding steroid dienone is 1. The maximum atomic E-state index is 12.5. The van der Waals surface area contributed by atoms with E-state index in [4.69, 9.17) is 0 Å². The highest BCUT2D eigenvalue weighted by Crippen LogP contribution is 2.28. The van der Waals surface area contributed by atoms with E-state index < -0.39 is 21.8 Å². The second-order valence-corrected chi connectivity index (χ2v) is 8.00. The van der Waals surface area contributed by atoms with Gasteiger partial charge in [-0.15, -0.1) is 0 Å². The van der Waals surface area contributed by atoms with Crippen molar-refractivity contribution in [3.63, 3.8) is 0 Å². The predicted molar refractivity (Wildman–Crippen MR) is 94.7 cm³/mol. The lowest BCUT2D eigenvalue weighted by Crippen LogP contribution is -2.25. The number of amides is 2. The van der Waals surface area contributed by atoms with Crippen LogP contribution in [0.15, 0.2) is 34.7 Å². The number of benzene rings is 1. The van der Waals surface area contributed by atoms with Crippen molar-refractivity contribution in [2.45, 2.75) is 43.4 Å². The maximum Gasteiger partial charge on any atom is 0.240 e. The number of rotatable bonds is 5. The molecule has 25 heavy (non-hydrogen) atoms. The standard InChI is InChI=1S/C17H21N3O4S/c21-16-11-17(22)20-15-10-13(6-7-14(15)19-16)25(23,24)18-9-8-12-4-2-1-3-5-12/h4,6-7,10,18H,1-3,5,8-9,11H2,(H,19,21)(H,20,22). The van der Waals surface area contributed by atoms with E-state index in [0.717, 1.165) is 19.3 Å². The van der Waals surface area contributed by atoms with Gasteiger partial charge in [0, 0.05) is 6.54 Å². The Morgan fingerprint density at radius 1 is 1.04 bits per heavy atom. The van der Waals surface area contributed by atoms with E-state index in [1.54, 1.807) is 0 Å². The molecule has 1 aromatic carbocycles. The zero-order valence-corrected chi connectivity index (χ0v) is 14.6. The molecular formula is C17H21N3O4S. The molecule has 1 aliphatic heterocycles. The third-order valence-electron chi connectivity index (χ3n) is 4.29. The van der Waals surface area contributed by atoms with Crippen LogP contribution >= 0.6 is 0 Å². The van der Waals surface area contributed by atoms with Crippen molar-refractivity contribution in [3.8, 4) is 0 Å². The van der Waals surface area contributed by atoms with E-state index in [-0.39, 0.29) is 17.0 Å². The summed E-state index contributed by atoms with van der Waals surface area (Å²) in [5.41, 5.74) is 1.97. The molecular weight excluding hydrogens is 342 g/mol. The fourth-order valence-electron chi connectivity index (χ4n) is 3.00. The fourth-order valence-corrected chi connectivity index (χ4v) is 4.06. The van der Waals surface area contributed by atoms with Crippen LogP contribution in [0.2, 0.25) is 0 Å². The first kappa shape index (κ1) is 17.6. The SMILES string of the molecule is O=C1CC(=O)Nc2cc(S(=O)(=O)NCCC3=CCCCC3)ccc2N1. The van der Waals surface area contributed by atoms with Crippen molar-refractivity contribution >= 4 is 33.2 Å². The smallest absolute Gasteiger partial charge is 0.240 e. The summed E-state index contributed by atoms with van der Waals surface area (Å²) in [6.45, 7) is 0.342. The van der Waals surface area contributed by atoms with Crippen LogP contribution in [0.4, 0.5) is 11.4 Å². The lowest BCUT2D eigenvalue weighted by molar-refractivity contribution is -0.123. The van der Waals surface area contributed by atoms with Crippen molar-refractivity contribution in [2.75, 3.05) is 17.2 Å². The number of hydrogen-bond donors (Lipinski definition) is 3. The second-order valence-electron chi connectivity index (χ2n) is 6.24. The van der Waals surface area contributed by atoms with Gasteiger partial charge in [0.2, 0.25) is 21.8 Å². The molecule has 0 saturated carbocycles. The Hall–Kier alpha value is -2.19. The van der Waals surface area contributed by atoms with E-state index in [2.05, 4.69) is 21.4 Å². The number of nitrogens with one attached hydrogen (secondary N) is 3. The summed E-state index contributed by atoms with van der Waals surface area (Å²) in [6, 6.07) is 4.26. The molecule has 0 radical (unpaired) electrons. The Morgan fingerprint density at radius 2 is 1.80 bits per heavy atom. The number of hydrogen-bond acceptors (Lipinski definition) is 4. The van der Waals surface area contributed by atoms with Crippen molar-refractivity contribution in [1.29, 1.82) is 0 Å². The van der Waals surface area contributed by atoms with Gasteiger partial charge in [-0.1, -0.05) is 11.6 Å². The Labute approximate surface area is 146 Å². The molecule has 2 amide bonds. The number of carbonyl (C=O) groups excluding carboxylic acids is 2. The molecule has 0 bridgehead atoms. The third-order valence-corrected chi connectivity index (χ3v) is 5.75. The monoisotopic (exact) mass is 363 g/mol. The molecule has 2 aliphatic rings. The molecule has 1 aromatic rings. The molecule has 1 aliphatic carbocycles. The minimum atomic E-state index is -3.68. The minimum Gasteiger partial charge on any atom is -0.324 e. The summed E-state index contributed by atoms with van der Waals surface area (Å²) in [4.78, 5) is 23.2. The van der Waals surface area contributed by atoms with Gasteiger partial charge in [-0.2, -0.15) is 0 Å². The first-order chi connectivity index (χ1) is 11.9. The summed E-state index contributed by atoms with van der Waals surface area (Å²) >= 11 is 0. The van der Waals surface area contributed by atoms with Crippen molar-refractivity contribution in [2.24, 2.45) is 0 Å². The first-order valence-corrected chi connectivity index (χ1v) is 9.84. The topological polar surface area (TPSA) is 104 Å². The lowest BCUT2D eigenvalue weighted by atomic mass is 9.97. The Kier molecular flexibility index (Phi) is 5.19. The molecule has 7 nitrogen and oxygen atoms in total. The molecule has 3 rings (SSSR count). The van der Waals surface area contributed by atoms with E-state index in [0.29, 0.717) is 18.7 Å². The van der Waals surface area contributed by atoms with Gasteiger partial charge in [0.05, 0.1) is 16.3 Å². The van der Waals surface area contributed by atoms with Crippen molar-refractivity contribution < 1.29 is 18.0 Å². The molecule has 0 fully saturated rings. The van der Waals surface area contributed by atoms with Crippen LogP contribution < -0.4 is 15.4 Å². The molecule has 0 unspecified atom stereocenters. The van der Waals surface area contributed by atoms with E-state index >= 15 is 0 Å². The van der Waals surface area contributed by atoms with Gasteiger partial charge in [0.1, 0.15) is 6.42 Å².